The summed E-state index contributed by atoms with van der Waals surface area (Å²) in [6, 6.07) is 23.2. The van der Waals surface area contributed by atoms with E-state index in [1.165, 1.54) is 0 Å². The van der Waals surface area contributed by atoms with Gasteiger partial charge in [-0.05, 0) is 54.8 Å². The third-order valence-electron chi connectivity index (χ3n) is 5.15. The molecule has 1 aliphatic heterocycles. The van der Waals surface area contributed by atoms with Crippen LogP contribution in [0.1, 0.15) is 34.5 Å². The quantitative estimate of drug-likeness (QED) is 0.698. The van der Waals surface area contributed by atoms with Crippen LogP contribution in [0.15, 0.2) is 83.8 Å². The van der Waals surface area contributed by atoms with Crippen LogP contribution in [0.25, 0.3) is 0 Å². The number of anilines is 1. The summed E-state index contributed by atoms with van der Waals surface area (Å²) >= 11 is 0. The Morgan fingerprint density at radius 1 is 0.966 bits per heavy atom. The van der Waals surface area contributed by atoms with Gasteiger partial charge in [-0.3, -0.25) is 4.79 Å². The third-order valence-corrected chi connectivity index (χ3v) is 6.69. The molecule has 0 saturated heterocycles. The molecule has 3 aromatic rings. The molecule has 1 atom stereocenters. The number of sulfonamides is 1. The minimum absolute atomic E-state index is 0.0734. The van der Waals surface area contributed by atoms with Crippen molar-refractivity contribution in [2.45, 2.75) is 24.3 Å². The zero-order chi connectivity index (χ0) is 20.4. The standard InChI is InChI=1S/C23H22N2O3S/c1-17(18-8-4-2-5-9-18)24-29(27,28)21-12-13-22-20(16-21)14-15-25(22)23(26)19-10-6-3-7-11-19/h2-13,16-17,24H,14-15H2,1H3/t17-/m0/s1. The Bertz CT molecular complexity index is 1130. The van der Waals surface area contributed by atoms with Crippen LogP contribution in [-0.4, -0.2) is 20.9 Å². The molecule has 0 bridgehead atoms. The van der Waals surface area contributed by atoms with Gasteiger partial charge in [-0.2, -0.15) is 0 Å². The van der Waals surface area contributed by atoms with Crippen LogP contribution in [0.3, 0.4) is 0 Å². The van der Waals surface area contributed by atoms with Gasteiger partial charge >= 0.3 is 0 Å². The highest BCUT2D eigenvalue weighted by molar-refractivity contribution is 7.89. The van der Waals surface area contributed by atoms with E-state index in [1.807, 2.05) is 55.5 Å². The average Bonchev–Trinajstić information content (AvgIpc) is 3.17. The highest BCUT2D eigenvalue weighted by atomic mass is 32.2. The number of nitrogens with zero attached hydrogens (tertiary/aromatic N) is 1. The largest absolute Gasteiger partial charge is 0.308 e. The minimum Gasteiger partial charge on any atom is -0.308 e. The molecule has 4 rings (SSSR count). The lowest BCUT2D eigenvalue weighted by Crippen LogP contribution is -2.29. The first-order valence-corrected chi connectivity index (χ1v) is 11.0. The van der Waals surface area contributed by atoms with Gasteiger partial charge in [-0.25, -0.2) is 13.1 Å². The fourth-order valence-corrected chi connectivity index (χ4v) is 4.89. The lowest BCUT2D eigenvalue weighted by molar-refractivity contribution is 0.0989. The SMILES string of the molecule is C[C@H](NS(=O)(=O)c1ccc2c(c1)CCN2C(=O)c1ccccc1)c1ccccc1. The average molecular weight is 407 g/mol. The first-order valence-electron chi connectivity index (χ1n) is 9.53. The van der Waals surface area contributed by atoms with Gasteiger partial charge in [0.05, 0.1) is 4.90 Å². The Morgan fingerprint density at radius 2 is 1.62 bits per heavy atom. The van der Waals surface area contributed by atoms with E-state index in [1.54, 1.807) is 35.2 Å². The van der Waals surface area contributed by atoms with Gasteiger partial charge in [-0.15, -0.1) is 0 Å². The van der Waals surface area contributed by atoms with Gasteiger partial charge < -0.3 is 4.90 Å². The second-order valence-electron chi connectivity index (χ2n) is 7.12. The van der Waals surface area contributed by atoms with Crippen molar-refractivity contribution in [3.8, 4) is 0 Å². The molecule has 3 aromatic carbocycles. The molecule has 1 aliphatic rings. The molecule has 5 nitrogen and oxygen atoms in total. The predicted molar refractivity (Wildman–Crippen MR) is 113 cm³/mol. The number of hydrogen-bond acceptors (Lipinski definition) is 3. The summed E-state index contributed by atoms with van der Waals surface area (Å²) < 4.78 is 28.5. The number of nitrogens with one attached hydrogen (secondary N) is 1. The van der Waals surface area contributed by atoms with E-state index in [-0.39, 0.29) is 16.8 Å². The van der Waals surface area contributed by atoms with Gasteiger partial charge in [0.25, 0.3) is 5.91 Å². The Labute approximate surface area is 171 Å². The van der Waals surface area contributed by atoms with Crippen molar-refractivity contribution >= 4 is 21.6 Å². The Balaban J connectivity index is 1.56. The summed E-state index contributed by atoms with van der Waals surface area (Å²) in [5, 5.41) is 0. The Hall–Kier alpha value is -2.96. The zero-order valence-electron chi connectivity index (χ0n) is 16.1. The van der Waals surface area contributed by atoms with Gasteiger partial charge in [0.1, 0.15) is 0 Å². The maximum absolute atomic E-state index is 12.9. The van der Waals surface area contributed by atoms with Crippen molar-refractivity contribution < 1.29 is 13.2 Å². The number of hydrogen-bond donors (Lipinski definition) is 1. The molecule has 29 heavy (non-hydrogen) atoms. The molecule has 0 fully saturated rings. The van der Waals surface area contributed by atoms with Crippen LogP contribution in [0.5, 0.6) is 0 Å². The number of carbonyl (C=O) groups excluding carboxylic acids is 1. The van der Waals surface area contributed by atoms with Crippen molar-refractivity contribution in [2.75, 3.05) is 11.4 Å². The summed E-state index contributed by atoms with van der Waals surface area (Å²) in [6.07, 6.45) is 0.630. The van der Waals surface area contributed by atoms with Crippen LogP contribution < -0.4 is 9.62 Å². The van der Waals surface area contributed by atoms with E-state index in [0.29, 0.717) is 18.5 Å². The first kappa shape index (κ1) is 19.4. The van der Waals surface area contributed by atoms with Crippen molar-refractivity contribution in [1.29, 1.82) is 0 Å². The van der Waals surface area contributed by atoms with Crippen molar-refractivity contribution in [3.05, 3.63) is 95.6 Å². The zero-order valence-corrected chi connectivity index (χ0v) is 16.9. The van der Waals surface area contributed by atoms with Crippen molar-refractivity contribution in [1.82, 2.24) is 4.72 Å². The molecule has 1 heterocycles. The molecule has 1 N–H and O–H groups in total. The maximum atomic E-state index is 12.9. The second-order valence-corrected chi connectivity index (χ2v) is 8.83. The van der Waals surface area contributed by atoms with E-state index >= 15 is 0 Å². The maximum Gasteiger partial charge on any atom is 0.258 e. The normalized spacial score (nSPS) is 14.4. The van der Waals surface area contributed by atoms with Gasteiger partial charge in [0.2, 0.25) is 10.0 Å². The van der Waals surface area contributed by atoms with Crippen molar-refractivity contribution in [2.24, 2.45) is 0 Å². The van der Waals surface area contributed by atoms with E-state index in [2.05, 4.69) is 4.72 Å². The van der Waals surface area contributed by atoms with Crippen LogP contribution in [0.2, 0.25) is 0 Å². The predicted octanol–water partition coefficient (Wildman–Crippen LogP) is 3.93. The van der Waals surface area contributed by atoms with Crippen molar-refractivity contribution in [3.63, 3.8) is 0 Å². The number of amides is 1. The van der Waals surface area contributed by atoms with E-state index < -0.39 is 10.0 Å². The topological polar surface area (TPSA) is 66.5 Å². The molecule has 0 spiro atoms. The van der Waals surface area contributed by atoms with E-state index in [9.17, 15) is 13.2 Å². The lowest BCUT2D eigenvalue weighted by Gasteiger charge is -2.18. The smallest absolute Gasteiger partial charge is 0.258 e. The van der Waals surface area contributed by atoms with Gasteiger partial charge in [0, 0.05) is 23.8 Å². The molecule has 0 unspecified atom stereocenters. The first-order chi connectivity index (χ1) is 14.0. The Morgan fingerprint density at radius 3 is 2.31 bits per heavy atom. The van der Waals surface area contributed by atoms with Gasteiger partial charge in [-0.1, -0.05) is 48.5 Å². The second kappa shape index (κ2) is 7.81. The Kier molecular flexibility index (Phi) is 5.22. The summed E-state index contributed by atoms with van der Waals surface area (Å²) in [6.45, 7) is 2.36. The summed E-state index contributed by atoms with van der Waals surface area (Å²) in [4.78, 5) is 14.7. The summed E-state index contributed by atoms with van der Waals surface area (Å²) in [5.74, 6) is -0.0734. The fraction of sp³-hybridized carbons (Fsp3) is 0.174. The van der Waals surface area contributed by atoms with Crippen LogP contribution >= 0.6 is 0 Å². The molecule has 0 aromatic heterocycles. The monoisotopic (exact) mass is 406 g/mol. The third kappa shape index (κ3) is 3.95. The highest BCUT2D eigenvalue weighted by Gasteiger charge is 2.27. The highest BCUT2D eigenvalue weighted by Crippen LogP contribution is 2.31. The molecule has 0 saturated carbocycles. The van der Waals surface area contributed by atoms with Gasteiger partial charge in [0.15, 0.2) is 0 Å². The molecular weight excluding hydrogens is 384 g/mol. The van der Waals surface area contributed by atoms with Crippen LogP contribution in [0.4, 0.5) is 5.69 Å². The van der Waals surface area contributed by atoms with E-state index in [0.717, 1.165) is 16.8 Å². The number of benzene rings is 3. The van der Waals surface area contributed by atoms with Crippen LogP contribution in [0, 0.1) is 0 Å². The summed E-state index contributed by atoms with van der Waals surface area (Å²) in [5.41, 5.74) is 3.16. The molecule has 1 amide bonds. The lowest BCUT2D eigenvalue weighted by atomic mass is 10.1. The molecule has 0 aliphatic carbocycles. The molecule has 6 heteroatoms. The number of fused-ring (bicyclic) bond motifs is 1. The number of carbonyl (C=O) groups is 1. The molecular formula is C23H22N2O3S. The van der Waals surface area contributed by atoms with E-state index in [4.69, 9.17) is 0 Å². The molecule has 0 radical (unpaired) electrons. The summed E-state index contributed by atoms with van der Waals surface area (Å²) in [7, 11) is -3.67. The minimum atomic E-state index is -3.67. The van der Waals surface area contributed by atoms with Crippen LogP contribution in [-0.2, 0) is 16.4 Å². The fourth-order valence-electron chi connectivity index (χ4n) is 3.60. The molecule has 148 valence electrons. The number of rotatable bonds is 5.